The number of para-hydroxylation sites is 1. The quantitative estimate of drug-likeness (QED) is 0.162. The number of phenolic OH excluding ortho intramolecular Hbond substituents is 1. The van der Waals surface area contributed by atoms with Crippen LogP contribution in [0.5, 0.6) is 5.75 Å². The molecule has 9 rings (SSSR count). The number of amides is 2. The van der Waals surface area contributed by atoms with Crippen LogP contribution in [0.3, 0.4) is 0 Å². The lowest BCUT2D eigenvalue weighted by atomic mass is 9.72. The highest BCUT2D eigenvalue weighted by molar-refractivity contribution is 5.91. The number of likely N-dealkylation sites (tertiary alicyclic amines) is 1. The third-order valence-corrected chi connectivity index (χ3v) is 12.1. The van der Waals surface area contributed by atoms with Crippen LogP contribution in [0.25, 0.3) is 33.4 Å². The maximum Gasteiger partial charge on any atom is 0.243 e. The maximum absolute atomic E-state index is 14.3. The van der Waals surface area contributed by atoms with Crippen LogP contribution in [0, 0.1) is 17.2 Å². The Labute approximate surface area is 340 Å². The second-order valence-electron chi connectivity index (χ2n) is 16.7. The topological polar surface area (TPSA) is 166 Å². The van der Waals surface area contributed by atoms with Gasteiger partial charge in [0, 0.05) is 79.9 Å². The molecule has 0 aliphatic carbocycles. The summed E-state index contributed by atoms with van der Waals surface area (Å²) >= 11 is 0. The number of phenols is 1. The minimum Gasteiger partial charge on any atom is -0.507 e. The number of rotatable bonds is 10. The van der Waals surface area contributed by atoms with Gasteiger partial charge >= 0.3 is 0 Å². The molecule has 3 aromatic carbocycles. The number of aromatic nitrogens is 5. The minimum absolute atomic E-state index is 0.0364. The maximum atomic E-state index is 14.3. The molecule has 3 aliphatic rings. The molecule has 2 unspecified atom stereocenters. The second kappa shape index (κ2) is 14.8. The van der Waals surface area contributed by atoms with Crippen LogP contribution < -0.4 is 15.1 Å². The number of benzene rings is 3. The number of halogens is 1. The van der Waals surface area contributed by atoms with Crippen molar-refractivity contribution in [3.05, 3.63) is 102 Å². The summed E-state index contributed by atoms with van der Waals surface area (Å²) in [7, 11) is 1.68. The Morgan fingerprint density at radius 2 is 1.69 bits per heavy atom. The second-order valence-corrected chi connectivity index (χ2v) is 16.7. The third-order valence-electron chi connectivity index (χ3n) is 12.1. The largest absolute Gasteiger partial charge is 0.507 e. The molecule has 2 amide bonds. The van der Waals surface area contributed by atoms with E-state index < -0.39 is 29.9 Å². The fourth-order valence-corrected chi connectivity index (χ4v) is 8.97. The number of aliphatic hydroxyl groups excluding tert-OH is 1. The number of carbonyl (C=O) groups excluding carboxylic acids is 2. The number of aromatic hydroxyl groups is 1. The molecule has 3 saturated heterocycles. The van der Waals surface area contributed by atoms with Crippen molar-refractivity contribution in [3.8, 4) is 28.3 Å². The number of hydrogen-bond donors (Lipinski definition) is 3. The Balaban J connectivity index is 0.816. The van der Waals surface area contributed by atoms with E-state index in [2.05, 4.69) is 47.7 Å². The Bertz CT molecular complexity index is 2520. The van der Waals surface area contributed by atoms with E-state index in [9.17, 15) is 24.2 Å². The number of aryl methyl sites for hydroxylation is 1. The van der Waals surface area contributed by atoms with E-state index >= 15 is 0 Å². The molecular formula is C44H46FN9O5. The van der Waals surface area contributed by atoms with Crippen LogP contribution >= 0.6 is 0 Å². The van der Waals surface area contributed by atoms with Crippen molar-refractivity contribution < 1.29 is 28.7 Å². The summed E-state index contributed by atoms with van der Waals surface area (Å²) in [6.07, 6.45) is 0.446. The highest BCUT2D eigenvalue weighted by Gasteiger charge is 2.53. The van der Waals surface area contributed by atoms with Crippen molar-refractivity contribution >= 4 is 34.2 Å². The molecule has 0 bridgehead atoms. The van der Waals surface area contributed by atoms with Gasteiger partial charge < -0.3 is 34.8 Å². The zero-order chi connectivity index (χ0) is 41.2. The first-order valence-corrected chi connectivity index (χ1v) is 20.0. The smallest absolute Gasteiger partial charge is 0.243 e. The molecule has 59 heavy (non-hydrogen) atoms. The molecule has 3 aliphatic heterocycles. The molecule has 1 spiro atoms. The van der Waals surface area contributed by atoms with Crippen molar-refractivity contribution in [1.82, 2.24) is 35.4 Å². The molecule has 4 atom stereocenters. The van der Waals surface area contributed by atoms with E-state index in [0.717, 1.165) is 48.3 Å². The van der Waals surface area contributed by atoms with Gasteiger partial charge in [0.15, 0.2) is 17.4 Å². The van der Waals surface area contributed by atoms with Gasteiger partial charge in [0.2, 0.25) is 11.8 Å². The lowest BCUT2D eigenvalue weighted by Gasteiger charge is -2.61. The number of aliphatic hydroxyl groups is 1. The Kier molecular flexibility index (Phi) is 9.57. The summed E-state index contributed by atoms with van der Waals surface area (Å²) in [5.41, 5.74) is 5.09. The van der Waals surface area contributed by atoms with Crippen molar-refractivity contribution in [2.24, 2.45) is 18.4 Å². The van der Waals surface area contributed by atoms with Crippen LogP contribution in [0.15, 0.2) is 89.6 Å². The highest BCUT2D eigenvalue weighted by Crippen LogP contribution is 2.45. The average Bonchev–Trinajstić information content (AvgIpc) is 3.92. The molecule has 3 N–H and O–H groups in total. The molecule has 0 saturated carbocycles. The molecule has 304 valence electrons. The summed E-state index contributed by atoms with van der Waals surface area (Å²) < 4.78 is 21.6. The van der Waals surface area contributed by atoms with Gasteiger partial charge in [-0.2, -0.15) is 5.10 Å². The summed E-state index contributed by atoms with van der Waals surface area (Å²) in [6, 6.07) is 23.0. The molecule has 3 fully saturated rings. The molecular weight excluding hydrogens is 754 g/mol. The predicted molar refractivity (Wildman–Crippen MR) is 219 cm³/mol. The summed E-state index contributed by atoms with van der Waals surface area (Å²) in [5.74, 6) is -0.671. The first-order chi connectivity index (χ1) is 28.4. The fraction of sp³-hybridized carbons (Fsp3) is 0.364. The molecule has 15 heteroatoms. The first-order valence-electron chi connectivity index (χ1n) is 20.0. The Hall–Kier alpha value is -6.35. The SMILES string of the molecule is CC(C)[C@@H](C(=O)N1CC(O)CC1C(=O)N[C@@H](C)c1ccc(-c2c(F)cnn2C)cc1)c1cc(N2CC3(CN(c4ccc5cc(-c6ccccc6O)nnc5c4)C3)C2)no1. The minimum atomic E-state index is -0.862. The van der Waals surface area contributed by atoms with Crippen molar-refractivity contribution in [3.63, 3.8) is 0 Å². The van der Waals surface area contributed by atoms with Crippen LogP contribution in [-0.2, 0) is 16.6 Å². The lowest BCUT2D eigenvalue weighted by molar-refractivity contribution is -0.141. The van der Waals surface area contributed by atoms with E-state index in [-0.39, 0.29) is 41.9 Å². The van der Waals surface area contributed by atoms with Gasteiger partial charge in [0.05, 0.1) is 29.6 Å². The summed E-state index contributed by atoms with van der Waals surface area (Å²) in [4.78, 5) is 33.9. The standard InChI is InChI=1S/C44H46FN9O5/c1-25(2)40(43(58)54-20-31(55)17-36(54)42(57)47-26(3)27-9-11-28(12-10-27)41-33(45)19-46-51(41)4)38-18-39(50-59-38)53-23-44(24-53)21-52(22-44)30-14-13-29-15-35(49-48-34(29)16-30)32-7-5-6-8-37(32)56/h5-16,18-19,25-26,31,36,40,55-56H,17,20-24H2,1-4H3,(H,47,57)/t26-,31?,36?,40+/m0/s1. The zero-order valence-corrected chi connectivity index (χ0v) is 33.3. The summed E-state index contributed by atoms with van der Waals surface area (Å²) in [5, 5.41) is 42.1. The van der Waals surface area contributed by atoms with Gasteiger partial charge in [-0.05, 0) is 48.7 Å². The number of β-amino-alcohol motifs (C(OH)–C–C–N with tert-alkyl or cyclic N) is 1. The van der Waals surface area contributed by atoms with Gasteiger partial charge in [-0.3, -0.25) is 14.3 Å². The van der Waals surface area contributed by atoms with Gasteiger partial charge in [-0.25, -0.2) is 4.39 Å². The monoisotopic (exact) mass is 799 g/mol. The molecule has 0 radical (unpaired) electrons. The lowest BCUT2D eigenvalue weighted by Crippen LogP contribution is -2.72. The van der Waals surface area contributed by atoms with Gasteiger partial charge in [0.25, 0.3) is 0 Å². The third kappa shape index (κ3) is 7.02. The summed E-state index contributed by atoms with van der Waals surface area (Å²) in [6.45, 7) is 9.11. The van der Waals surface area contributed by atoms with Gasteiger partial charge in [-0.15, -0.1) is 10.2 Å². The molecule has 14 nitrogen and oxygen atoms in total. The van der Waals surface area contributed by atoms with Crippen LogP contribution in [0.4, 0.5) is 15.9 Å². The normalized spacial score (nSPS) is 19.5. The number of nitrogens with zero attached hydrogens (tertiary/aromatic N) is 8. The highest BCUT2D eigenvalue weighted by atomic mass is 19.1. The molecule has 3 aromatic heterocycles. The van der Waals surface area contributed by atoms with Crippen LogP contribution in [0.2, 0.25) is 0 Å². The average molecular weight is 800 g/mol. The predicted octanol–water partition coefficient (Wildman–Crippen LogP) is 5.44. The molecule has 6 heterocycles. The van der Waals surface area contributed by atoms with Crippen LogP contribution in [0.1, 0.15) is 50.5 Å². The van der Waals surface area contributed by atoms with E-state index in [1.807, 2.05) is 63.2 Å². The first kappa shape index (κ1) is 38.2. The Morgan fingerprint density at radius 1 is 0.949 bits per heavy atom. The van der Waals surface area contributed by atoms with Crippen LogP contribution in [-0.4, -0.2) is 96.9 Å². The molecule has 6 aromatic rings. The van der Waals surface area contributed by atoms with Crippen molar-refractivity contribution in [2.45, 2.75) is 51.3 Å². The van der Waals surface area contributed by atoms with Crippen molar-refractivity contribution in [1.29, 1.82) is 0 Å². The van der Waals surface area contributed by atoms with Gasteiger partial charge in [0.1, 0.15) is 23.4 Å². The Morgan fingerprint density at radius 3 is 2.41 bits per heavy atom. The van der Waals surface area contributed by atoms with E-state index in [1.165, 1.54) is 15.8 Å². The van der Waals surface area contributed by atoms with E-state index in [0.29, 0.717) is 34.1 Å². The number of nitrogens with one attached hydrogen (secondary N) is 1. The van der Waals surface area contributed by atoms with E-state index in [4.69, 9.17) is 4.52 Å². The number of anilines is 2. The zero-order valence-electron chi connectivity index (χ0n) is 33.3. The number of fused-ring (bicyclic) bond motifs is 1. The van der Waals surface area contributed by atoms with Crippen molar-refractivity contribution in [2.75, 3.05) is 42.5 Å². The fourth-order valence-electron chi connectivity index (χ4n) is 8.97. The van der Waals surface area contributed by atoms with Gasteiger partial charge in [-0.1, -0.05) is 61.5 Å². The number of hydrogen-bond acceptors (Lipinski definition) is 11. The van der Waals surface area contributed by atoms with E-state index in [1.54, 1.807) is 31.3 Å². The number of carbonyl (C=O) groups is 2.